The van der Waals surface area contributed by atoms with Gasteiger partial charge in [-0.3, -0.25) is 4.99 Å². The van der Waals surface area contributed by atoms with E-state index in [0.717, 1.165) is 22.3 Å². The van der Waals surface area contributed by atoms with Gasteiger partial charge in [0.2, 0.25) is 0 Å². The summed E-state index contributed by atoms with van der Waals surface area (Å²) in [7, 11) is 0. The molecule has 1 aromatic carbocycles. The molecule has 0 aliphatic rings. The summed E-state index contributed by atoms with van der Waals surface area (Å²) in [6, 6.07) is 7.53. The van der Waals surface area contributed by atoms with E-state index in [-0.39, 0.29) is 37.1 Å². The lowest BCUT2D eigenvalue weighted by molar-refractivity contribution is -0.140. The van der Waals surface area contributed by atoms with Crippen LogP contribution < -0.4 is 15.4 Å². The zero-order valence-corrected chi connectivity index (χ0v) is 19.8. The Morgan fingerprint density at radius 2 is 2.10 bits per heavy atom. The lowest BCUT2D eigenvalue weighted by atomic mass is 10.2. The third-order valence-electron chi connectivity index (χ3n) is 3.71. The SMILES string of the molecule is CCNC(=NCC(O)COc1cccc(C)c1)NCCc1nc(C(F)(F)F)cs1.I. The lowest BCUT2D eigenvalue weighted by Gasteiger charge is -2.14. The Bertz CT molecular complexity index is 802. The van der Waals surface area contributed by atoms with Crippen LogP contribution in [0.2, 0.25) is 0 Å². The number of thiazole rings is 1. The predicted octanol–water partition coefficient (Wildman–Crippen LogP) is 3.63. The van der Waals surface area contributed by atoms with Crippen LogP contribution >= 0.6 is 35.3 Å². The quantitative estimate of drug-likeness (QED) is 0.249. The zero-order valence-electron chi connectivity index (χ0n) is 16.7. The van der Waals surface area contributed by atoms with Gasteiger partial charge in [0, 0.05) is 24.9 Å². The summed E-state index contributed by atoms with van der Waals surface area (Å²) in [6.45, 7) is 5.05. The van der Waals surface area contributed by atoms with E-state index in [0.29, 0.717) is 36.2 Å². The van der Waals surface area contributed by atoms with Crippen molar-refractivity contribution < 1.29 is 23.0 Å². The number of hydrogen-bond acceptors (Lipinski definition) is 5. The van der Waals surface area contributed by atoms with Gasteiger partial charge in [-0.25, -0.2) is 4.98 Å². The van der Waals surface area contributed by atoms with Gasteiger partial charge in [-0.15, -0.1) is 35.3 Å². The highest BCUT2D eigenvalue weighted by Gasteiger charge is 2.33. The predicted molar refractivity (Wildman–Crippen MR) is 123 cm³/mol. The molecular weight excluding hydrogens is 532 g/mol. The minimum absolute atomic E-state index is 0. The van der Waals surface area contributed by atoms with Gasteiger partial charge in [-0.1, -0.05) is 12.1 Å². The van der Waals surface area contributed by atoms with Crippen molar-refractivity contribution in [3.05, 3.63) is 45.9 Å². The van der Waals surface area contributed by atoms with Crippen molar-refractivity contribution in [1.29, 1.82) is 0 Å². The molecule has 1 aromatic heterocycles. The van der Waals surface area contributed by atoms with Crippen LogP contribution in [-0.2, 0) is 12.6 Å². The Labute approximate surface area is 195 Å². The smallest absolute Gasteiger partial charge is 0.434 e. The number of halogens is 4. The molecule has 0 aliphatic carbocycles. The number of benzene rings is 1. The Hall–Kier alpha value is -1.60. The largest absolute Gasteiger partial charge is 0.491 e. The van der Waals surface area contributed by atoms with E-state index >= 15 is 0 Å². The van der Waals surface area contributed by atoms with Crippen molar-refractivity contribution in [2.24, 2.45) is 4.99 Å². The molecule has 0 spiro atoms. The maximum absolute atomic E-state index is 12.6. The van der Waals surface area contributed by atoms with Gasteiger partial charge in [0.15, 0.2) is 11.7 Å². The van der Waals surface area contributed by atoms with Gasteiger partial charge in [0.25, 0.3) is 0 Å². The average molecular weight is 558 g/mol. The fraction of sp³-hybridized carbons (Fsp3) is 0.474. The summed E-state index contributed by atoms with van der Waals surface area (Å²) in [5.41, 5.74) is 0.200. The van der Waals surface area contributed by atoms with E-state index in [1.807, 2.05) is 38.1 Å². The third-order valence-corrected chi connectivity index (χ3v) is 4.62. The molecule has 30 heavy (non-hydrogen) atoms. The summed E-state index contributed by atoms with van der Waals surface area (Å²) >= 11 is 0.977. The first-order valence-electron chi connectivity index (χ1n) is 9.19. The summed E-state index contributed by atoms with van der Waals surface area (Å²) in [5, 5.41) is 17.5. The Morgan fingerprint density at radius 1 is 1.33 bits per heavy atom. The van der Waals surface area contributed by atoms with Crippen molar-refractivity contribution in [2.75, 3.05) is 26.2 Å². The Morgan fingerprint density at radius 3 is 2.73 bits per heavy atom. The normalized spacial score (nSPS) is 12.8. The Balaban J connectivity index is 0.00000450. The van der Waals surface area contributed by atoms with Gasteiger partial charge >= 0.3 is 6.18 Å². The maximum atomic E-state index is 12.6. The van der Waals surface area contributed by atoms with Gasteiger partial charge < -0.3 is 20.5 Å². The lowest BCUT2D eigenvalue weighted by Crippen LogP contribution is -2.39. The van der Waals surface area contributed by atoms with Crippen molar-refractivity contribution in [2.45, 2.75) is 32.5 Å². The first-order valence-corrected chi connectivity index (χ1v) is 10.1. The summed E-state index contributed by atoms with van der Waals surface area (Å²) in [5.74, 6) is 1.15. The fourth-order valence-corrected chi connectivity index (χ4v) is 3.14. The number of rotatable bonds is 9. The molecule has 0 bridgehead atoms. The number of aliphatic imine (C=N–C) groups is 1. The van der Waals surface area contributed by atoms with Crippen LogP contribution in [0.25, 0.3) is 0 Å². The molecule has 6 nitrogen and oxygen atoms in total. The van der Waals surface area contributed by atoms with E-state index < -0.39 is 18.0 Å². The van der Waals surface area contributed by atoms with E-state index in [1.54, 1.807) is 0 Å². The number of alkyl halides is 3. The van der Waals surface area contributed by atoms with Crippen LogP contribution in [0.5, 0.6) is 5.75 Å². The standard InChI is InChI=1S/C19H25F3N4O2S.HI/c1-3-23-18(24-8-7-17-26-16(12-29-17)19(20,21)22)25-10-14(27)11-28-15-6-4-5-13(2)9-15;/h4-6,9,12,14,27H,3,7-8,10-11H2,1-2H3,(H2,23,24,25);1H. The summed E-state index contributed by atoms with van der Waals surface area (Å²) in [6.07, 6.45) is -4.88. The number of hydrogen-bond donors (Lipinski definition) is 3. The number of aliphatic hydroxyl groups is 1. The fourth-order valence-electron chi connectivity index (χ4n) is 2.33. The molecule has 1 atom stereocenters. The van der Waals surface area contributed by atoms with Crippen LogP contribution in [0.15, 0.2) is 34.6 Å². The van der Waals surface area contributed by atoms with Crippen LogP contribution in [0.3, 0.4) is 0 Å². The average Bonchev–Trinajstić information content (AvgIpc) is 3.14. The molecule has 1 heterocycles. The van der Waals surface area contributed by atoms with Crippen LogP contribution in [0.1, 0.15) is 23.2 Å². The zero-order chi connectivity index (χ0) is 21.3. The van der Waals surface area contributed by atoms with Gasteiger partial charge in [0.05, 0.1) is 11.6 Å². The number of aryl methyl sites for hydroxylation is 1. The molecule has 0 fully saturated rings. The first kappa shape index (κ1) is 26.4. The molecule has 0 saturated carbocycles. The molecule has 3 N–H and O–H groups in total. The summed E-state index contributed by atoms with van der Waals surface area (Å²) < 4.78 is 43.3. The van der Waals surface area contributed by atoms with E-state index in [9.17, 15) is 18.3 Å². The van der Waals surface area contributed by atoms with Gasteiger partial charge in [-0.05, 0) is 31.5 Å². The topological polar surface area (TPSA) is 78.8 Å². The highest BCUT2D eigenvalue weighted by molar-refractivity contribution is 14.0. The molecule has 0 saturated heterocycles. The number of aliphatic hydroxyl groups excluding tert-OH is 1. The molecule has 0 aliphatic heterocycles. The molecular formula is C19H26F3IN4O2S. The van der Waals surface area contributed by atoms with Crippen molar-refractivity contribution in [3.63, 3.8) is 0 Å². The number of nitrogens with zero attached hydrogens (tertiary/aromatic N) is 2. The van der Waals surface area contributed by atoms with Crippen LogP contribution in [-0.4, -0.2) is 48.4 Å². The van der Waals surface area contributed by atoms with E-state index in [4.69, 9.17) is 4.74 Å². The van der Waals surface area contributed by atoms with Crippen molar-refractivity contribution in [3.8, 4) is 5.75 Å². The Kier molecular flexibility index (Phi) is 11.4. The van der Waals surface area contributed by atoms with Crippen molar-refractivity contribution in [1.82, 2.24) is 15.6 Å². The molecule has 11 heteroatoms. The highest BCUT2D eigenvalue weighted by Crippen LogP contribution is 2.29. The van der Waals surface area contributed by atoms with E-state index in [1.165, 1.54) is 0 Å². The molecule has 1 unspecified atom stereocenters. The highest BCUT2D eigenvalue weighted by atomic mass is 127. The third kappa shape index (κ3) is 9.47. The molecule has 168 valence electrons. The minimum atomic E-state index is -4.42. The summed E-state index contributed by atoms with van der Waals surface area (Å²) in [4.78, 5) is 7.88. The van der Waals surface area contributed by atoms with Crippen LogP contribution in [0.4, 0.5) is 13.2 Å². The number of aromatic nitrogens is 1. The monoisotopic (exact) mass is 558 g/mol. The molecule has 0 amide bonds. The second-order valence-electron chi connectivity index (χ2n) is 6.30. The second kappa shape index (κ2) is 13.0. The van der Waals surface area contributed by atoms with Crippen molar-refractivity contribution >= 4 is 41.3 Å². The number of ether oxygens (including phenoxy) is 1. The van der Waals surface area contributed by atoms with E-state index in [2.05, 4.69) is 20.6 Å². The van der Waals surface area contributed by atoms with Gasteiger partial charge in [0.1, 0.15) is 18.5 Å². The van der Waals surface area contributed by atoms with Crippen LogP contribution in [0, 0.1) is 6.92 Å². The second-order valence-corrected chi connectivity index (χ2v) is 7.24. The molecule has 2 rings (SSSR count). The first-order chi connectivity index (χ1) is 13.8. The molecule has 2 aromatic rings. The maximum Gasteiger partial charge on any atom is 0.434 e. The number of nitrogens with one attached hydrogen (secondary N) is 2. The number of guanidine groups is 1. The minimum Gasteiger partial charge on any atom is -0.491 e. The molecule has 0 radical (unpaired) electrons. The van der Waals surface area contributed by atoms with Gasteiger partial charge in [-0.2, -0.15) is 13.2 Å².